The van der Waals surface area contributed by atoms with E-state index in [4.69, 9.17) is 0 Å². The summed E-state index contributed by atoms with van der Waals surface area (Å²) in [6.45, 7) is 6.81. The normalized spacial score (nSPS) is 16.5. The van der Waals surface area contributed by atoms with Crippen LogP contribution in [0.2, 0.25) is 0 Å². The summed E-state index contributed by atoms with van der Waals surface area (Å²) < 4.78 is 57.1. The smallest absolute Gasteiger partial charge is 0.284 e. The topological polar surface area (TPSA) is 87.1 Å². The second kappa shape index (κ2) is 9.32. The van der Waals surface area contributed by atoms with E-state index in [9.17, 15) is 16.8 Å². The third-order valence-corrected chi connectivity index (χ3v) is 9.32. The summed E-state index contributed by atoms with van der Waals surface area (Å²) in [7, 11) is -7.45. The molecule has 1 fully saturated rings. The average molecular weight is 482 g/mol. The van der Waals surface area contributed by atoms with Gasteiger partial charge in [-0.3, -0.25) is 0 Å². The highest BCUT2D eigenvalue weighted by Gasteiger charge is 2.31. The van der Waals surface area contributed by atoms with Gasteiger partial charge in [0.05, 0.1) is 9.79 Å². The second-order valence-electron chi connectivity index (χ2n) is 7.53. The minimum Gasteiger partial charge on any atom is -0.348 e. The first kappa shape index (κ1) is 23.8. The van der Waals surface area contributed by atoms with Crippen molar-refractivity contribution in [1.82, 2.24) is 9.21 Å². The van der Waals surface area contributed by atoms with Gasteiger partial charge >= 0.3 is 0 Å². The zero-order chi connectivity index (χ0) is 22.8. The van der Waals surface area contributed by atoms with Crippen molar-refractivity contribution in [3.8, 4) is 0 Å². The number of hydrogen-bond acceptors (Lipinski definition) is 5. The van der Waals surface area contributed by atoms with Crippen LogP contribution in [0.15, 0.2) is 56.7 Å². The Morgan fingerprint density at radius 1 is 0.871 bits per heavy atom. The Balaban J connectivity index is 1.78. The molecule has 0 radical (unpaired) electrons. The summed E-state index contributed by atoms with van der Waals surface area (Å²) in [6, 6.07) is 12.0. The Kier molecular flexibility index (Phi) is 7.14. The van der Waals surface area contributed by atoms with Crippen LogP contribution in [0.1, 0.15) is 16.7 Å². The van der Waals surface area contributed by atoms with Crippen LogP contribution in [0, 0.1) is 20.8 Å². The molecule has 0 unspecified atom stereocenters. The maximum absolute atomic E-state index is 13.1. The Labute approximate surface area is 189 Å². The van der Waals surface area contributed by atoms with Crippen molar-refractivity contribution in [3.05, 3.63) is 59.2 Å². The van der Waals surface area contributed by atoms with Gasteiger partial charge in [-0.1, -0.05) is 41.6 Å². The average Bonchev–Trinajstić information content (AvgIpc) is 2.74. The minimum absolute atomic E-state index is 0.140. The van der Waals surface area contributed by atoms with E-state index in [2.05, 4.69) is 4.40 Å². The highest BCUT2D eigenvalue weighted by molar-refractivity contribution is 8.13. The molecule has 1 saturated heterocycles. The number of piperazine rings is 1. The number of benzene rings is 2. The van der Waals surface area contributed by atoms with Crippen molar-refractivity contribution >= 4 is 37.0 Å². The van der Waals surface area contributed by atoms with Crippen molar-refractivity contribution < 1.29 is 16.8 Å². The van der Waals surface area contributed by atoms with Crippen molar-refractivity contribution in [2.75, 3.05) is 32.4 Å². The Morgan fingerprint density at radius 3 is 2.03 bits per heavy atom. The lowest BCUT2D eigenvalue weighted by Crippen LogP contribution is -2.50. The summed E-state index contributed by atoms with van der Waals surface area (Å²) in [5, 5.41) is 0.365. The predicted octanol–water partition coefficient (Wildman–Crippen LogP) is 3.03. The molecule has 0 aliphatic carbocycles. The molecule has 3 rings (SSSR count). The molecule has 31 heavy (non-hydrogen) atoms. The van der Waals surface area contributed by atoms with Gasteiger partial charge in [0.2, 0.25) is 10.0 Å². The van der Waals surface area contributed by atoms with Gasteiger partial charge in [0.15, 0.2) is 5.17 Å². The molecular formula is C21H27N3O4S3. The van der Waals surface area contributed by atoms with Crippen LogP contribution in [0.4, 0.5) is 0 Å². The van der Waals surface area contributed by atoms with Crippen LogP contribution in [-0.2, 0) is 20.0 Å². The fourth-order valence-corrected chi connectivity index (χ4v) is 7.01. The lowest BCUT2D eigenvalue weighted by Gasteiger charge is -2.35. The predicted molar refractivity (Wildman–Crippen MR) is 126 cm³/mol. The van der Waals surface area contributed by atoms with E-state index in [0.717, 1.165) is 11.1 Å². The minimum atomic E-state index is -3.84. The van der Waals surface area contributed by atoms with Gasteiger partial charge in [-0.15, -0.1) is 4.40 Å². The molecule has 0 N–H and O–H groups in total. The van der Waals surface area contributed by atoms with Crippen LogP contribution in [-0.4, -0.2) is 63.6 Å². The Morgan fingerprint density at radius 2 is 1.45 bits per heavy atom. The third-order valence-electron chi connectivity index (χ3n) is 5.17. The van der Waals surface area contributed by atoms with Gasteiger partial charge in [0.1, 0.15) is 0 Å². The molecule has 0 bridgehead atoms. The summed E-state index contributed by atoms with van der Waals surface area (Å²) in [5.74, 6) is 0. The van der Waals surface area contributed by atoms with Crippen LogP contribution in [0.25, 0.3) is 0 Å². The zero-order valence-corrected chi connectivity index (χ0v) is 20.5. The Bertz CT molecular complexity index is 1180. The molecule has 168 valence electrons. The summed E-state index contributed by atoms with van der Waals surface area (Å²) >= 11 is 1.24. The van der Waals surface area contributed by atoms with E-state index in [1.54, 1.807) is 43.5 Å². The molecule has 1 aliphatic rings. The summed E-state index contributed by atoms with van der Waals surface area (Å²) in [6.07, 6.45) is 1.77. The lowest BCUT2D eigenvalue weighted by molar-refractivity contribution is 0.269. The van der Waals surface area contributed by atoms with Crippen LogP contribution >= 0.6 is 11.8 Å². The monoisotopic (exact) mass is 481 g/mol. The number of aryl methyl sites for hydroxylation is 3. The number of sulfonamides is 2. The van der Waals surface area contributed by atoms with Crippen LogP contribution < -0.4 is 0 Å². The van der Waals surface area contributed by atoms with E-state index >= 15 is 0 Å². The first-order valence-corrected chi connectivity index (χ1v) is 13.9. The molecule has 2 aromatic rings. The molecule has 10 heteroatoms. The molecule has 1 aliphatic heterocycles. The standard InChI is InChI=1S/C21H27N3O4S3/c1-16-6-9-19(10-7-16)30(25,26)22-21(29-4)23-11-13-24(14-12-23)31(27,28)20-15-17(2)5-8-18(20)3/h5-10,15H,11-14H2,1-4H3/b22-21-. The molecular weight excluding hydrogens is 454 g/mol. The lowest BCUT2D eigenvalue weighted by atomic mass is 10.2. The summed E-state index contributed by atoms with van der Waals surface area (Å²) in [5.41, 5.74) is 2.57. The molecule has 2 aromatic carbocycles. The van der Waals surface area contributed by atoms with Crippen molar-refractivity contribution in [2.45, 2.75) is 30.6 Å². The maximum atomic E-state index is 13.1. The number of hydrogen-bond donors (Lipinski definition) is 0. The zero-order valence-electron chi connectivity index (χ0n) is 18.1. The van der Waals surface area contributed by atoms with E-state index in [-0.39, 0.29) is 18.0 Å². The maximum Gasteiger partial charge on any atom is 0.284 e. The van der Waals surface area contributed by atoms with Gasteiger partial charge in [-0.2, -0.15) is 12.7 Å². The molecule has 1 heterocycles. The van der Waals surface area contributed by atoms with E-state index in [0.29, 0.717) is 28.7 Å². The molecule has 7 nitrogen and oxygen atoms in total. The quantitative estimate of drug-likeness (QED) is 0.493. The highest BCUT2D eigenvalue weighted by Crippen LogP contribution is 2.24. The second-order valence-corrected chi connectivity index (χ2v) is 11.8. The number of rotatable bonds is 4. The number of thioether (sulfide) groups is 1. The van der Waals surface area contributed by atoms with Crippen molar-refractivity contribution in [1.29, 1.82) is 0 Å². The first-order valence-electron chi connectivity index (χ1n) is 9.82. The van der Waals surface area contributed by atoms with Gasteiger partial charge in [-0.25, -0.2) is 8.42 Å². The SMILES string of the molecule is CS/C(=N\S(=O)(=O)c1ccc(C)cc1)N1CCN(S(=O)(=O)c2cc(C)ccc2C)CC1. The molecule has 0 amide bonds. The largest absolute Gasteiger partial charge is 0.348 e. The fourth-order valence-electron chi connectivity index (χ4n) is 3.33. The van der Waals surface area contributed by atoms with E-state index in [1.165, 1.54) is 16.1 Å². The van der Waals surface area contributed by atoms with Crippen LogP contribution in [0.5, 0.6) is 0 Å². The third kappa shape index (κ3) is 5.31. The molecule has 0 aromatic heterocycles. The Hall–Kier alpha value is -1.88. The number of nitrogens with zero attached hydrogens (tertiary/aromatic N) is 3. The molecule has 0 atom stereocenters. The summed E-state index contributed by atoms with van der Waals surface area (Å²) in [4.78, 5) is 2.29. The van der Waals surface area contributed by atoms with E-state index < -0.39 is 20.0 Å². The first-order chi connectivity index (χ1) is 14.5. The van der Waals surface area contributed by atoms with Gasteiger partial charge < -0.3 is 4.90 Å². The van der Waals surface area contributed by atoms with E-state index in [1.807, 2.05) is 30.9 Å². The number of amidine groups is 1. The van der Waals surface area contributed by atoms with Crippen LogP contribution in [0.3, 0.4) is 0 Å². The van der Waals surface area contributed by atoms with Crippen molar-refractivity contribution in [3.63, 3.8) is 0 Å². The van der Waals surface area contributed by atoms with Gasteiger partial charge in [0.25, 0.3) is 10.0 Å². The van der Waals surface area contributed by atoms with Gasteiger partial charge in [0, 0.05) is 26.2 Å². The molecule has 0 spiro atoms. The fraction of sp³-hybridized carbons (Fsp3) is 0.381. The highest BCUT2D eigenvalue weighted by atomic mass is 32.2. The van der Waals surface area contributed by atoms with Crippen molar-refractivity contribution in [2.24, 2.45) is 4.40 Å². The van der Waals surface area contributed by atoms with Gasteiger partial charge in [-0.05, 0) is 56.4 Å². The molecule has 0 saturated carbocycles.